The molecule has 1 aliphatic rings. The molecule has 0 bridgehead atoms. The molecule has 0 aromatic heterocycles. The number of halogens is 2. The summed E-state index contributed by atoms with van der Waals surface area (Å²) in [4.78, 5) is 27.0. The highest BCUT2D eigenvalue weighted by atomic mass is 35.5. The van der Waals surface area contributed by atoms with Gasteiger partial charge in [-0.1, -0.05) is 23.2 Å². The summed E-state index contributed by atoms with van der Waals surface area (Å²) in [5.74, 6) is -0.126. The van der Waals surface area contributed by atoms with Crippen LogP contribution in [0.3, 0.4) is 0 Å². The van der Waals surface area contributed by atoms with Gasteiger partial charge in [-0.2, -0.15) is 0 Å². The van der Waals surface area contributed by atoms with E-state index in [1.807, 2.05) is 6.92 Å². The van der Waals surface area contributed by atoms with Gasteiger partial charge in [0.2, 0.25) is 0 Å². The van der Waals surface area contributed by atoms with Gasteiger partial charge < -0.3 is 15.0 Å². The number of rotatable bonds is 4. The van der Waals surface area contributed by atoms with E-state index in [-0.39, 0.29) is 18.0 Å². The normalized spacial score (nSPS) is 16.6. The smallest absolute Gasteiger partial charge is 0.410 e. The molecule has 6 nitrogen and oxygen atoms in total. The summed E-state index contributed by atoms with van der Waals surface area (Å²) in [7, 11) is 0. The SMILES string of the molecule is CCOC(=O)N1CC[NH+]([C@H](C)C(=O)Nc2cc(Cl)ccc2Cl)CC1. The number of piperazine rings is 1. The Labute approximate surface area is 151 Å². The van der Waals surface area contributed by atoms with Crippen LogP contribution in [-0.2, 0) is 9.53 Å². The van der Waals surface area contributed by atoms with Crippen LogP contribution in [0.15, 0.2) is 18.2 Å². The molecule has 1 aromatic carbocycles. The molecule has 1 fully saturated rings. The highest BCUT2D eigenvalue weighted by molar-refractivity contribution is 6.35. The van der Waals surface area contributed by atoms with E-state index in [9.17, 15) is 9.59 Å². The Kier molecular flexibility index (Phi) is 6.71. The van der Waals surface area contributed by atoms with Gasteiger partial charge in [-0.15, -0.1) is 0 Å². The van der Waals surface area contributed by atoms with Crippen LogP contribution in [-0.4, -0.2) is 55.7 Å². The van der Waals surface area contributed by atoms with Crippen molar-refractivity contribution in [3.63, 3.8) is 0 Å². The molecule has 24 heavy (non-hydrogen) atoms. The zero-order valence-electron chi connectivity index (χ0n) is 13.8. The Morgan fingerprint density at radius 3 is 2.62 bits per heavy atom. The van der Waals surface area contributed by atoms with Crippen LogP contribution in [0.1, 0.15) is 13.8 Å². The van der Waals surface area contributed by atoms with E-state index in [1.54, 1.807) is 30.0 Å². The molecule has 0 unspecified atom stereocenters. The average Bonchev–Trinajstić information content (AvgIpc) is 2.57. The second-order valence-electron chi connectivity index (χ2n) is 5.68. The van der Waals surface area contributed by atoms with E-state index in [1.165, 1.54) is 0 Å². The van der Waals surface area contributed by atoms with Crippen molar-refractivity contribution in [3.05, 3.63) is 28.2 Å². The molecule has 1 atom stereocenters. The third-order valence-electron chi connectivity index (χ3n) is 4.12. The maximum absolute atomic E-state index is 12.5. The van der Waals surface area contributed by atoms with E-state index >= 15 is 0 Å². The number of hydrogen-bond acceptors (Lipinski definition) is 3. The van der Waals surface area contributed by atoms with E-state index < -0.39 is 0 Å². The number of anilines is 1. The number of amides is 2. The Morgan fingerprint density at radius 2 is 2.00 bits per heavy atom. The van der Waals surface area contributed by atoms with Crippen LogP contribution in [0.5, 0.6) is 0 Å². The van der Waals surface area contributed by atoms with Crippen LogP contribution in [0, 0.1) is 0 Å². The van der Waals surface area contributed by atoms with Crippen molar-refractivity contribution in [3.8, 4) is 0 Å². The van der Waals surface area contributed by atoms with Gasteiger partial charge in [0.1, 0.15) is 0 Å². The van der Waals surface area contributed by atoms with Gasteiger partial charge >= 0.3 is 6.09 Å². The number of benzene rings is 1. The molecule has 1 aliphatic heterocycles. The lowest BCUT2D eigenvalue weighted by molar-refractivity contribution is -0.917. The fourth-order valence-corrected chi connectivity index (χ4v) is 2.98. The quantitative estimate of drug-likeness (QED) is 0.842. The Balaban J connectivity index is 1.90. The van der Waals surface area contributed by atoms with Gasteiger partial charge in [-0.3, -0.25) is 9.69 Å². The number of carbonyl (C=O) groups is 2. The Hall–Kier alpha value is -1.50. The molecule has 1 heterocycles. The molecule has 0 spiro atoms. The minimum atomic E-state index is -0.292. The first-order chi connectivity index (χ1) is 11.4. The van der Waals surface area contributed by atoms with Crippen molar-refractivity contribution in [2.24, 2.45) is 0 Å². The number of nitrogens with zero attached hydrogens (tertiary/aromatic N) is 1. The van der Waals surface area contributed by atoms with Crippen molar-refractivity contribution >= 4 is 40.9 Å². The van der Waals surface area contributed by atoms with Gasteiger partial charge in [0.25, 0.3) is 5.91 Å². The van der Waals surface area contributed by atoms with Crippen LogP contribution < -0.4 is 10.2 Å². The number of hydrogen-bond donors (Lipinski definition) is 2. The van der Waals surface area contributed by atoms with Crippen molar-refractivity contribution in [1.82, 2.24) is 4.90 Å². The predicted molar refractivity (Wildman–Crippen MR) is 93.8 cm³/mol. The van der Waals surface area contributed by atoms with Gasteiger partial charge in [-0.05, 0) is 32.0 Å². The van der Waals surface area contributed by atoms with Crippen molar-refractivity contribution < 1.29 is 19.2 Å². The largest absolute Gasteiger partial charge is 0.450 e. The first-order valence-corrected chi connectivity index (χ1v) is 8.70. The molecule has 132 valence electrons. The van der Waals surface area contributed by atoms with Gasteiger partial charge in [0.05, 0.1) is 43.5 Å². The summed E-state index contributed by atoms with van der Waals surface area (Å²) in [6.07, 6.45) is -0.292. The zero-order valence-corrected chi connectivity index (χ0v) is 15.3. The maximum Gasteiger partial charge on any atom is 0.410 e. The minimum absolute atomic E-state index is 0.126. The number of quaternary nitrogens is 1. The lowest BCUT2D eigenvalue weighted by Gasteiger charge is -2.34. The minimum Gasteiger partial charge on any atom is -0.450 e. The fourth-order valence-electron chi connectivity index (χ4n) is 2.64. The molecule has 0 aliphatic carbocycles. The number of carbonyl (C=O) groups excluding carboxylic acids is 2. The first kappa shape index (κ1) is 18.8. The van der Waals surface area contributed by atoms with Crippen LogP contribution in [0.2, 0.25) is 10.0 Å². The average molecular weight is 375 g/mol. The summed E-state index contributed by atoms with van der Waals surface area (Å²) in [5, 5.41) is 3.78. The third kappa shape index (κ3) is 4.75. The van der Waals surface area contributed by atoms with Gasteiger partial charge in [0, 0.05) is 5.02 Å². The standard InChI is InChI=1S/C16H21Cl2N3O3/c1-3-24-16(23)21-8-6-20(7-9-21)11(2)15(22)19-14-10-12(17)4-5-13(14)18/h4-5,10-11H,3,6-9H2,1-2H3,(H,19,22)/p+1/t11-/m1/s1. The Bertz CT molecular complexity index is 604. The second-order valence-corrected chi connectivity index (χ2v) is 6.52. The summed E-state index contributed by atoms with van der Waals surface area (Å²) in [6, 6.07) is 4.69. The molecule has 1 saturated heterocycles. The lowest BCUT2D eigenvalue weighted by atomic mass is 10.2. The van der Waals surface area contributed by atoms with E-state index in [0.717, 1.165) is 4.90 Å². The molecule has 0 radical (unpaired) electrons. The van der Waals surface area contributed by atoms with Crippen LogP contribution in [0.25, 0.3) is 0 Å². The van der Waals surface area contributed by atoms with Gasteiger partial charge in [0.15, 0.2) is 6.04 Å². The number of nitrogens with one attached hydrogen (secondary N) is 2. The second kappa shape index (κ2) is 8.55. The molecule has 1 aromatic rings. The molecule has 2 rings (SSSR count). The molecule has 0 saturated carbocycles. The van der Waals surface area contributed by atoms with Crippen LogP contribution in [0.4, 0.5) is 10.5 Å². The summed E-state index contributed by atoms with van der Waals surface area (Å²) in [5.41, 5.74) is 0.505. The molecular formula is C16H22Cl2N3O3+. The highest BCUT2D eigenvalue weighted by Crippen LogP contribution is 2.25. The zero-order chi connectivity index (χ0) is 17.7. The summed E-state index contributed by atoms with van der Waals surface area (Å²) in [6.45, 7) is 6.54. The molecule has 2 amide bonds. The Morgan fingerprint density at radius 1 is 1.33 bits per heavy atom. The first-order valence-electron chi connectivity index (χ1n) is 7.94. The monoisotopic (exact) mass is 374 g/mol. The van der Waals surface area contributed by atoms with Crippen molar-refractivity contribution in [2.45, 2.75) is 19.9 Å². The fraction of sp³-hybridized carbons (Fsp3) is 0.500. The van der Waals surface area contributed by atoms with Crippen LogP contribution >= 0.6 is 23.2 Å². The number of ether oxygens (including phenoxy) is 1. The lowest BCUT2D eigenvalue weighted by Crippen LogP contribution is -3.19. The summed E-state index contributed by atoms with van der Waals surface area (Å²) < 4.78 is 5.00. The topological polar surface area (TPSA) is 63.1 Å². The van der Waals surface area contributed by atoms with E-state index in [2.05, 4.69) is 5.32 Å². The highest BCUT2D eigenvalue weighted by Gasteiger charge is 2.31. The summed E-state index contributed by atoms with van der Waals surface area (Å²) >= 11 is 12.0. The predicted octanol–water partition coefficient (Wildman–Crippen LogP) is 1.68. The van der Waals surface area contributed by atoms with E-state index in [0.29, 0.717) is 48.5 Å². The van der Waals surface area contributed by atoms with Gasteiger partial charge in [-0.25, -0.2) is 4.79 Å². The maximum atomic E-state index is 12.5. The third-order valence-corrected chi connectivity index (χ3v) is 4.69. The van der Waals surface area contributed by atoms with Crippen molar-refractivity contribution in [1.29, 1.82) is 0 Å². The molecule has 8 heteroatoms. The van der Waals surface area contributed by atoms with Crippen molar-refractivity contribution in [2.75, 3.05) is 38.1 Å². The molecule has 2 N–H and O–H groups in total. The molecular weight excluding hydrogens is 353 g/mol. The van der Waals surface area contributed by atoms with E-state index in [4.69, 9.17) is 27.9 Å².